The van der Waals surface area contributed by atoms with Gasteiger partial charge in [0.1, 0.15) is 6.61 Å². The maximum absolute atomic E-state index is 12.5. The number of hydrogen-bond acceptors (Lipinski definition) is 6. The molecular weight excluding hydrogens is 772 g/mol. The van der Waals surface area contributed by atoms with E-state index in [4.69, 9.17) is 19.3 Å². The van der Waals surface area contributed by atoms with E-state index in [1.54, 1.807) is 0 Å². The van der Waals surface area contributed by atoms with Crippen molar-refractivity contribution in [3.63, 3.8) is 0 Å². The first kappa shape index (κ1) is 58.0. The molecule has 0 radical (unpaired) electrons. The zero-order valence-corrected chi connectivity index (χ0v) is 39.8. The van der Waals surface area contributed by atoms with Crippen LogP contribution < -0.4 is 0 Å². The summed E-state index contributed by atoms with van der Waals surface area (Å²) < 4.78 is 26.5. The third-order valence-corrected chi connectivity index (χ3v) is 11.3. The molecule has 0 aromatic rings. The van der Waals surface area contributed by atoms with Gasteiger partial charge in [0.25, 0.3) is 0 Å². The van der Waals surface area contributed by atoms with Gasteiger partial charge in [-0.3, -0.25) is 14.1 Å². The maximum atomic E-state index is 12.5. The number of hydrogen-bond donors (Lipinski definition) is 2. The Kier molecular flexibility index (Phi) is 45.0. The van der Waals surface area contributed by atoms with Gasteiger partial charge < -0.3 is 19.3 Å². The molecule has 0 aliphatic rings. The van der Waals surface area contributed by atoms with Crippen LogP contribution in [-0.4, -0.2) is 41.0 Å². The van der Waals surface area contributed by atoms with Crippen molar-refractivity contribution < 1.29 is 37.9 Å². The van der Waals surface area contributed by atoms with E-state index in [-0.39, 0.29) is 19.4 Å². The Labute approximate surface area is 369 Å². The first-order valence-electron chi connectivity index (χ1n) is 24.9. The second-order valence-corrected chi connectivity index (χ2v) is 18.0. The molecule has 0 spiro atoms. The van der Waals surface area contributed by atoms with E-state index in [9.17, 15) is 14.2 Å². The van der Waals surface area contributed by atoms with Crippen LogP contribution in [0.2, 0.25) is 0 Å². The minimum atomic E-state index is -4.76. The van der Waals surface area contributed by atoms with Gasteiger partial charge in [-0.05, 0) is 51.4 Å². The summed E-state index contributed by atoms with van der Waals surface area (Å²) in [5.74, 6) is -0.891. The summed E-state index contributed by atoms with van der Waals surface area (Å²) in [4.78, 5) is 43.1. The number of unbranched alkanes of at least 4 members (excludes halogenated alkanes) is 28. The lowest BCUT2D eigenvalue weighted by molar-refractivity contribution is -0.161. The first-order valence-corrected chi connectivity index (χ1v) is 26.5. The predicted octanol–water partition coefficient (Wildman–Crippen LogP) is 15.9. The van der Waals surface area contributed by atoms with Crippen molar-refractivity contribution in [2.45, 2.75) is 251 Å². The molecule has 1 atom stereocenters. The van der Waals surface area contributed by atoms with Crippen LogP contribution in [0.5, 0.6) is 0 Å². The van der Waals surface area contributed by atoms with E-state index in [0.29, 0.717) is 6.42 Å². The number of ether oxygens (including phenoxy) is 2. The van der Waals surface area contributed by atoms with Crippen LogP contribution in [0, 0.1) is 0 Å². The molecule has 0 saturated heterocycles. The Morgan fingerprint density at radius 1 is 0.450 bits per heavy atom. The molecule has 0 amide bonds. The van der Waals surface area contributed by atoms with Gasteiger partial charge in [0.2, 0.25) is 0 Å². The summed E-state index contributed by atoms with van der Waals surface area (Å²) >= 11 is 0. The van der Waals surface area contributed by atoms with E-state index in [1.807, 2.05) is 0 Å². The van der Waals surface area contributed by atoms with Crippen LogP contribution in [0.25, 0.3) is 0 Å². The smallest absolute Gasteiger partial charge is 0.462 e. The third kappa shape index (κ3) is 48.7. The van der Waals surface area contributed by atoms with Gasteiger partial charge in [-0.2, -0.15) is 0 Å². The molecule has 2 N–H and O–H groups in total. The van der Waals surface area contributed by atoms with Crippen LogP contribution in [0.4, 0.5) is 0 Å². The molecule has 0 heterocycles. The number of allylic oxidation sites excluding steroid dienone is 8. The van der Waals surface area contributed by atoms with Crippen molar-refractivity contribution in [3.05, 3.63) is 48.6 Å². The lowest BCUT2D eigenvalue weighted by Gasteiger charge is -2.18. The molecule has 0 aliphatic heterocycles. The molecule has 0 rings (SSSR count). The average molecular weight is 865 g/mol. The van der Waals surface area contributed by atoms with Gasteiger partial charge in [-0.1, -0.05) is 229 Å². The topological polar surface area (TPSA) is 119 Å². The Bertz CT molecular complexity index is 1110. The fraction of sp³-hybridized carbons (Fsp3) is 0.804. The van der Waals surface area contributed by atoms with Gasteiger partial charge in [0.05, 0.1) is 6.61 Å². The van der Waals surface area contributed by atoms with Gasteiger partial charge in [0, 0.05) is 12.8 Å². The quantitative estimate of drug-likeness (QED) is 0.0269. The van der Waals surface area contributed by atoms with Crippen LogP contribution >= 0.6 is 7.82 Å². The summed E-state index contributed by atoms with van der Waals surface area (Å²) in [5, 5.41) is 0. The van der Waals surface area contributed by atoms with Crippen molar-refractivity contribution in [1.82, 2.24) is 0 Å². The van der Waals surface area contributed by atoms with Crippen LogP contribution in [0.15, 0.2) is 48.6 Å². The lowest BCUT2D eigenvalue weighted by atomic mass is 10.0. The summed E-state index contributed by atoms with van der Waals surface area (Å²) in [6.07, 6.45) is 58.5. The number of rotatable bonds is 46. The number of phosphoric ester groups is 1. The Morgan fingerprint density at radius 2 is 0.800 bits per heavy atom. The summed E-state index contributed by atoms with van der Waals surface area (Å²) in [5.41, 5.74) is 0. The van der Waals surface area contributed by atoms with Gasteiger partial charge in [-0.25, -0.2) is 4.57 Å². The molecule has 8 nitrogen and oxygen atoms in total. The number of carbonyl (C=O) groups excluding carboxylic acids is 2. The normalized spacial score (nSPS) is 12.8. The molecule has 0 bridgehead atoms. The standard InChI is InChI=1S/C51H93O8P/c1-3-5-7-9-11-13-15-17-19-21-23-24-25-26-28-29-31-33-35-37-39-41-43-45-50(52)57-47-49(48-58-60(54,55)56)59-51(53)46-44-42-40-38-36-34-32-30-27-22-20-18-16-14-12-10-8-6-4-2/h6,8,12,14,18,20,27,30,49H,3-5,7,9-11,13,15-17,19,21-26,28-29,31-48H2,1-2H3,(H2,54,55,56)/b8-6-,14-12-,20-18-,30-27-. The minimum absolute atomic E-state index is 0.196. The Balaban J connectivity index is 3.82. The Hall–Kier alpha value is -1.99. The van der Waals surface area contributed by atoms with E-state index in [2.05, 4.69) is 67.0 Å². The molecule has 0 saturated carbocycles. The fourth-order valence-corrected chi connectivity index (χ4v) is 7.55. The predicted molar refractivity (Wildman–Crippen MR) is 253 cm³/mol. The van der Waals surface area contributed by atoms with Gasteiger partial charge in [0.15, 0.2) is 6.10 Å². The van der Waals surface area contributed by atoms with Crippen molar-refractivity contribution in [1.29, 1.82) is 0 Å². The SMILES string of the molecule is CC/C=C\C/C=C\C/C=C\C/C=C\CCCCCCCCC(=O)OC(COC(=O)CCCCCCCCCCCCCCCCCCCCCCCCC)COP(=O)(O)O. The maximum Gasteiger partial charge on any atom is 0.469 e. The first-order chi connectivity index (χ1) is 29.3. The zero-order valence-electron chi connectivity index (χ0n) is 38.9. The highest BCUT2D eigenvalue weighted by Crippen LogP contribution is 2.36. The largest absolute Gasteiger partial charge is 0.469 e. The molecule has 0 fully saturated rings. The van der Waals surface area contributed by atoms with Crippen molar-refractivity contribution in [2.24, 2.45) is 0 Å². The number of carbonyl (C=O) groups is 2. The van der Waals surface area contributed by atoms with E-state index >= 15 is 0 Å². The van der Waals surface area contributed by atoms with Crippen LogP contribution in [0.1, 0.15) is 245 Å². The van der Waals surface area contributed by atoms with Crippen molar-refractivity contribution in [3.8, 4) is 0 Å². The summed E-state index contributed by atoms with van der Waals surface area (Å²) in [6, 6.07) is 0. The van der Waals surface area contributed by atoms with Crippen molar-refractivity contribution in [2.75, 3.05) is 13.2 Å². The highest BCUT2D eigenvalue weighted by Gasteiger charge is 2.23. The number of esters is 2. The van der Waals surface area contributed by atoms with E-state index < -0.39 is 32.5 Å². The van der Waals surface area contributed by atoms with Crippen molar-refractivity contribution >= 4 is 19.8 Å². The zero-order chi connectivity index (χ0) is 43.9. The van der Waals surface area contributed by atoms with Crippen LogP contribution in [0.3, 0.4) is 0 Å². The Morgan fingerprint density at radius 3 is 1.20 bits per heavy atom. The summed E-state index contributed by atoms with van der Waals surface area (Å²) in [6.45, 7) is 3.60. The average Bonchev–Trinajstić information content (AvgIpc) is 3.22. The highest BCUT2D eigenvalue weighted by atomic mass is 31.2. The van der Waals surface area contributed by atoms with Crippen LogP contribution in [-0.2, 0) is 28.2 Å². The number of phosphoric acid groups is 1. The lowest BCUT2D eigenvalue weighted by Crippen LogP contribution is -2.29. The van der Waals surface area contributed by atoms with Gasteiger partial charge >= 0.3 is 19.8 Å². The third-order valence-electron chi connectivity index (χ3n) is 10.9. The van der Waals surface area contributed by atoms with E-state index in [1.165, 1.54) is 128 Å². The second-order valence-electron chi connectivity index (χ2n) is 16.8. The molecule has 60 heavy (non-hydrogen) atoms. The minimum Gasteiger partial charge on any atom is -0.462 e. The molecule has 0 aliphatic carbocycles. The molecule has 0 aromatic carbocycles. The van der Waals surface area contributed by atoms with E-state index in [0.717, 1.165) is 83.5 Å². The molecule has 9 heteroatoms. The highest BCUT2D eigenvalue weighted by molar-refractivity contribution is 7.46. The fourth-order valence-electron chi connectivity index (χ4n) is 7.19. The second kappa shape index (κ2) is 46.5. The molecule has 350 valence electrons. The monoisotopic (exact) mass is 865 g/mol. The van der Waals surface area contributed by atoms with Gasteiger partial charge in [-0.15, -0.1) is 0 Å². The molecular formula is C51H93O8P. The molecule has 1 unspecified atom stereocenters. The molecule has 0 aromatic heterocycles. The summed E-state index contributed by atoms with van der Waals surface area (Å²) in [7, 11) is -4.76.